The monoisotopic (exact) mass is 344 g/mol. The number of imidazole rings is 1. The lowest BCUT2D eigenvalue weighted by molar-refractivity contribution is 0.238. The summed E-state index contributed by atoms with van der Waals surface area (Å²) in [6.07, 6.45) is 3.47. The van der Waals surface area contributed by atoms with Crippen LogP contribution in [0.2, 0.25) is 0 Å². The predicted molar refractivity (Wildman–Crippen MR) is 91.1 cm³/mol. The Kier molecular flexibility index (Phi) is 4.90. The molecular weight excluding hydrogens is 327 g/mol. The largest absolute Gasteiger partial charge is 0.336 e. The first-order chi connectivity index (χ1) is 11.6. The molecule has 2 amide bonds. The highest BCUT2D eigenvalue weighted by Crippen LogP contribution is 2.20. The number of urea groups is 1. The molecule has 0 aliphatic carbocycles. The van der Waals surface area contributed by atoms with Gasteiger partial charge in [-0.1, -0.05) is 18.2 Å². The topological polar surface area (TPSA) is 59.0 Å². The number of aromatic nitrogens is 2. The van der Waals surface area contributed by atoms with Crippen LogP contribution in [0.3, 0.4) is 0 Å². The van der Waals surface area contributed by atoms with Crippen LogP contribution < -0.4 is 10.6 Å². The van der Waals surface area contributed by atoms with Crippen LogP contribution in [0.15, 0.2) is 54.2 Å². The normalized spacial score (nSPS) is 11.9. The molecule has 2 heterocycles. The van der Waals surface area contributed by atoms with E-state index < -0.39 is 6.04 Å². The minimum Gasteiger partial charge on any atom is -0.336 e. The second-order valence-electron chi connectivity index (χ2n) is 5.29. The number of nitrogens with zero attached hydrogens (tertiary/aromatic N) is 2. The Morgan fingerprint density at radius 2 is 2.12 bits per heavy atom. The fourth-order valence-electron chi connectivity index (χ4n) is 2.37. The van der Waals surface area contributed by atoms with Gasteiger partial charge in [-0.3, -0.25) is 0 Å². The summed E-state index contributed by atoms with van der Waals surface area (Å²) in [5.74, 6) is 0.354. The van der Waals surface area contributed by atoms with Crippen LogP contribution in [0.1, 0.15) is 22.3 Å². The molecule has 5 nitrogen and oxygen atoms in total. The molecule has 0 aliphatic heterocycles. The average Bonchev–Trinajstić information content (AvgIpc) is 3.23. The number of carbonyl (C=O) groups is 1. The highest BCUT2D eigenvalue weighted by atomic mass is 32.1. The molecular formula is C17H17FN4OS. The molecule has 0 fully saturated rings. The molecule has 2 N–H and O–H groups in total. The van der Waals surface area contributed by atoms with Crippen molar-refractivity contribution < 1.29 is 9.18 Å². The van der Waals surface area contributed by atoms with E-state index in [0.717, 1.165) is 10.4 Å². The third kappa shape index (κ3) is 3.80. The zero-order chi connectivity index (χ0) is 16.9. The van der Waals surface area contributed by atoms with Crippen LogP contribution in [-0.4, -0.2) is 15.6 Å². The molecule has 0 saturated heterocycles. The maximum Gasteiger partial charge on any atom is 0.315 e. The van der Waals surface area contributed by atoms with Crippen molar-refractivity contribution in [1.29, 1.82) is 0 Å². The van der Waals surface area contributed by atoms with Crippen molar-refractivity contribution in [1.82, 2.24) is 20.2 Å². The lowest BCUT2D eigenvalue weighted by atomic mass is 10.1. The number of hydrogen-bond donors (Lipinski definition) is 2. The SMILES string of the molecule is Cn1ccnc1C(NC(=O)NCc1cccs1)c1ccc(F)cc1. The molecule has 124 valence electrons. The van der Waals surface area contributed by atoms with Gasteiger partial charge in [0.2, 0.25) is 0 Å². The number of benzene rings is 1. The van der Waals surface area contributed by atoms with Crippen molar-refractivity contribution in [3.05, 3.63) is 76.3 Å². The van der Waals surface area contributed by atoms with Crippen molar-refractivity contribution in [2.24, 2.45) is 7.05 Å². The Balaban J connectivity index is 1.76. The lowest BCUT2D eigenvalue weighted by Crippen LogP contribution is -2.38. The van der Waals surface area contributed by atoms with Crippen LogP contribution in [0.5, 0.6) is 0 Å². The average molecular weight is 344 g/mol. The summed E-state index contributed by atoms with van der Waals surface area (Å²) in [5.41, 5.74) is 0.761. The third-order valence-corrected chi connectivity index (χ3v) is 4.48. The zero-order valence-corrected chi connectivity index (χ0v) is 13.9. The molecule has 0 spiro atoms. The van der Waals surface area contributed by atoms with Gasteiger partial charge in [-0.15, -0.1) is 11.3 Å². The van der Waals surface area contributed by atoms with Gasteiger partial charge < -0.3 is 15.2 Å². The van der Waals surface area contributed by atoms with E-state index in [4.69, 9.17) is 0 Å². The maximum atomic E-state index is 13.2. The summed E-state index contributed by atoms with van der Waals surface area (Å²) in [6, 6.07) is 9.17. The van der Waals surface area contributed by atoms with E-state index in [1.807, 2.05) is 29.1 Å². The van der Waals surface area contributed by atoms with Crippen LogP contribution in [0.25, 0.3) is 0 Å². The zero-order valence-electron chi connectivity index (χ0n) is 13.1. The van der Waals surface area contributed by atoms with Gasteiger partial charge >= 0.3 is 6.03 Å². The van der Waals surface area contributed by atoms with Gasteiger partial charge in [0.1, 0.15) is 17.7 Å². The smallest absolute Gasteiger partial charge is 0.315 e. The second-order valence-corrected chi connectivity index (χ2v) is 6.32. The molecule has 0 radical (unpaired) electrons. The summed E-state index contributed by atoms with van der Waals surface area (Å²) >= 11 is 1.58. The predicted octanol–water partition coefficient (Wildman–Crippen LogP) is 3.21. The highest BCUT2D eigenvalue weighted by Gasteiger charge is 2.20. The number of thiophene rings is 1. The molecule has 2 aromatic heterocycles. The maximum absolute atomic E-state index is 13.2. The third-order valence-electron chi connectivity index (χ3n) is 3.60. The molecule has 24 heavy (non-hydrogen) atoms. The Morgan fingerprint density at radius 1 is 1.33 bits per heavy atom. The van der Waals surface area contributed by atoms with Crippen LogP contribution in [0, 0.1) is 5.82 Å². The van der Waals surface area contributed by atoms with Gasteiger partial charge in [0, 0.05) is 24.3 Å². The summed E-state index contributed by atoms with van der Waals surface area (Å²) in [6.45, 7) is 0.459. The minimum absolute atomic E-state index is 0.305. The number of nitrogens with one attached hydrogen (secondary N) is 2. The number of hydrogen-bond acceptors (Lipinski definition) is 3. The standard InChI is InChI=1S/C17H17FN4OS/c1-22-9-8-19-16(22)15(12-4-6-13(18)7-5-12)21-17(23)20-11-14-3-2-10-24-14/h2-10,15H,11H2,1H3,(H2,20,21,23). The molecule has 0 aliphatic rings. The molecule has 3 rings (SSSR count). The molecule has 3 aromatic rings. The Labute approximate surface area is 143 Å². The second kappa shape index (κ2) is 7.27. The van der Waals surface area contributed by atoms with E-state index in [9.17, 15) is 9.18 Å². The highest BCUT2D eigenvalue weighted by molar-refractivity contribution is 7.09. The van der Waals surface area contributed by atoms with Crippen LogP contribution >= 0.6 is 11.3 Å². The van der Waals surface area contributed by atoms with Crippen molar-refractivity contribution in [2.75, 3.05) is 0 Å². The Hall–Kier alpha value is -2.67. The first-order valence-electron chi connectivity index (χ1n) is 7.43. The number of halogens is 1. The quantitative estimate of drug-likeness (QED) is 0.747. The minimum atomic E-state index is -0.464. The molecule has 0 bridgehead atoms. The Bertz CT molecular complexity index is 798. The molecule has 0 saturated carbocycles. The molecule has 1 atom stereocenters. The van der Waals surface area contributed by atoms with Crippen molar-refractivity contribution in [2.45, 2.75) is 12.6 Å². The number of aryl methyl sites for hydroxylation is 1. The van der Waals surface area contributed by atoms with Crippen LogP contribution in [0.4, 0.5) is 9.18 Å². The molecule has 7 heteroatoms. The Morgan fingerprint density at radius 3 is 2.75 bits per heavy atom. The van der Waals surface area contributed by atoms with Gasteiger partial charge in [-0.25, -0.2) is 14.2 Å². The summed E-state index contributed by atoms with van der Waals surface area (Å²) in [4.78, 5) is 17.6. The van der Waals surface area contributed by atoms with Gasteiger partial charge in [0.05, 0.1) is 6.54 Å². The van der Waals surface area contributed by atoms with E-state index in [1.165, 1.54) is 12.1 Å². The van der Waals surface area contributed by atoms with Crippen molar-refractivity contribution in [3.63, 3.8) is 0 Å². The number of carbonyl (C=O) groups excluding carboxylic acids is 1. The van der Waals surface area contributed by atoms with Crippen molar-refractivity contribution in [3.8, 4) is 0 Å². The summed E-state index contributed by atoms with van der Waals surface area (Å²) < 4.78 is 15.0. The summed E-state index contributed by atoms with van der Waals surface area (Å²) in [7, 11) is 1.85. The number of amides is 2. The van der Waals surface area contributed by atoms with E-state index in [2.05, 4.69) is 15.6 Å². The lowest BCUT2D eigenvalue weighted by Gasteiger charge is -2.19. The fourth-order valence-corrected chi connectivity index (χ4v) is 3.01. The fraction of sp³-hybridized carbons (Fsp3) is 0.176. The van der Waals surface area contributed by atoms with Crippen LogP contribution in [-0.2, 0) is 13.6 Å². The number of rotatable bonds is 5. The van der Waals surface area contributed by atoms with E-state index >= 15 is 0 Å². The molecule has 1 aromatic carbocycles. The summed E-state index contributed by atoms with van der Waals surface area (Å²) in [5, 5.41) is 7.70. The first-order valence-corrected chi connectivity index (χ1v) is 8.31. The van der Waals surface area contributed by atoms with Gasteiger partial charge in [0.25, 0.3) is 0 Å². The molecule has 1 unspecified atom stereocenters. The van der Waals surface area contributed by atoms with E-state index in [-0.39, 0.29) is 11.8 Å². The van der Waals surface area contributed by atoms with E-state index in [1.54, 1.807) is 35.9 Å². The first kappa shape index (κ1) is 16.2. The van der Waals surface area contributed by atoms with Gasteiger partial charge in [-0.05, 0) is 29.1 Å². The van der Waals surface area contributed by atoms with Gasteiger partial charge in [-0.2, -0.15) is 0 Å². The van der Waals surface area contributed by atoms with E-state index in [0.29, 0.717) is 12.4 Å². The van der Waals surface area contributed by atoms with Gasteiger partial charge in [0.15, 0.2) is 0 Å². The van der Waals surface area contributed by atoms with Crippen molar-refractivity contribution >= 4 is 17.4 Å².